The molecule has 3 heterocycles. The fourth-order valence-corrected chi connectivity index (χ4v) is 4.53. The van der Waals surface area contributed by atoms with Crippen LogP contribution in [0.5, 0.6) is 5.75 Å². The lowest BCUT2D eigenvalue weighted by atomic mass is 10.1. The fourth-order valence-electron chi connectivity index (χ4n) is 3.62. The lowest BCUT2D eigenvalue weighted by Gasteiger charge is -2.18. The molecule has 0 saturated heterocycles. The van der Waals surface area contributed by atoms with Crippen molar-refractivity contribution in [1.29, 1.82) is 0 Å². The molecule has 1 aliphatic heterocycles. The van der Waals surface area contributed by atoms with Crippen LogP contribution in [0.25, 0.3) is 16.6 Å². The molecule has 2 aromatic heterocycles. The lowest BCUT2D eigenvalue weighted by Crippen LogP contribution is -2.25. The Balaban J connectivity index is 1.51. The molecule has 5 rings (SSSR count). The Morgan fingerprint density at radius 3 is 2.90 bits per heavy atom. The second kappa shape index (κ2) is 7.57. The number of benzene rings is 2. The van der Waals surface area contributed by atoms with Gasteiger partial charge in [0.1, 0.15) is 18.2 Å². The van der Waals surface area contributed by atoms with Gasteiger partial charge in [0.25, 0.3) is 0 Å². The summed E-state index contributed by atoms with van der Waals surface area (Å²) in [5.74, 6) is 1.14. The van der Waals surface area contributed by atoms with Gasteiger partial charge in [-0.3, -0.25) is 4.90 Å². The van der Waals surface area contributed by atoms with E-state index < -0.39 is 0 Å². The van der Waals surface area contributed by atoms with Crippen molar-refractivity contribution in [2.24, 2.45) is 0 Å². The highest BCUT2D eigenvalue weighted by Gasteiger charge is 2.21. The van der Waals surface area contributed by atoms with Gasteiger partial charge >= 0.3 is 0 Å². The van der Waals surface area contributed by atoms with Crippen molar-refractivity contribution in [2.75, 3.05) is 13.2 Å². The van der Waals surface area contributed by atoms with Crippen molar-refractivity contribution >= 4 is 45.6 Å². The average Bonchev–Trinajstić information content (AvgIpc) is 3.22. The maximum absolute atomic E-state index is 13.5. The minimum atomic E-state index is -0.255. The first-order chi connectivity index (χ1) is 14.1. The highest BCUT2D eigenvalue weighted by Crippen LogP contribution is 2.35. The first-order valence-corrected chi connectivity index (χ1v) is 10.5. The maximum Gasteiger partial charge on any atom is 0.203 e. The van der Waals surface area contributed by atoms with Crippen LogP contribution in [0.1, 0.15) is 11.4 Å². The summed E-state index contributed by atoms with van der Waals surface area (Å²) >= 11 is 13.7. The Labute approximate surface area is 180 Å². The molecule has 148 valence electrons. The monoisotopic (exact) mass is 448 g/mol. The van der Waals surface area contributed by atoms with Crippen molar-refractivity contribution in [3.05, 3.63) is 69.3 Å². The zero-order valence-corrected chi connectivity index (χ0v) is 17.4. The van der Waals surface area contributed by atoms with Crippen LogP contribution in [0, 0.1) is 5.82 Å². The van der Waals surface area contributed by atoms with Gasteiger partial charge in [-0.25, -0.2) is 9.37 Å². The molecule has 0 radical (unpaired) electrons. The van der Waals surface area contributed by atoms with Gasteiger partial charge < -0.3 is 9.30 Å². The fraction of sp³-hybridized carbons (Fsp3) is 0.200. The summed E-state index contributed by atoms with van der Waals surface area (Å²) in [4.78, 5) is 6.44. The SMILES string of the molecule is Fc1ccc2c(ccn2-c2cc(Cl)c3c(c2)CN(Cc2nsc(Cl)n2)CCO3)c1. The standard InChI is InChI=1S/C20H15Cl2FN4OS/c21-16-9-15(27-4-3-12-7-14(23)1-2-17(12)27)8-13-10-26(5-6-28-19(13)16)11-18-24-20(22)29-25-18/h1-4,7-9H,5-6,10-11H2. The molecule has 0 atom stereocenters. The number of fused-ring (bicyclic) bond motifs is 2. The molecule has 0 spiro atoms. The molecular formula is C20H15Cl2FN4OS. The van der Waals surface area contributed by atoms with Crippen molar-refractivity contribution in [3.63, 3.8) is 0 Å². The normalized spacial score (nSPS) is 14.6. The first kappa shape index (κ1) is 18.8. The van der Waals surface area contributed by atoms with Crippen molar-refractivity contribution in [1.82, 2.24) is 18.8 Å². The Kier molecular flexibility index (Phi) is 4.91. The summed E-state index contributed by atoms with van der Waals surface area (Å²) < 4.78 is 26.2. The number of hydrogen-bond acceptors (Lipinski definition) is 5. The van der Waals surface area contributed by atoms with E-state index in [-0.39, 0.29) is 5.82 Å². The van der Waals surface area contributed by atoms with Gasteiger partial charge in [0.05, 0.1) is 17.1 Å². The highest BCUT2D eigenvalue weighted by atomic mass is 35.5. The lowest BCUT2D eigenvalue weighted by molar-refractivity contribution is 0.216. The van der Waals surface area contributed by atoms with Crippen molar-refractivity contribution in [2.45, 2.75) is 13.1 Å². The van der Waals surface area contributed by atoms with E-state index in [1.165, 1.54) is 23.7 Å². The molecule has 29 heavy (non-hydrogen) atoms. The summed E-state index contributed by atoms with van der Waals surface area (Å²) in [6.07, 6.45) is 1.92. The van der Waals surface area contributed by atoms with Crippen LogP contribution in [-0.4, -0.2) is 32.0 Å². The van der Waals surface area contributed by atoms with Crippen LogP contribution in [0.3, 0.4) is 0 Å². The van der Waals surface area contributed by atoms with Gasteiger partial charge in [0.2, 0.25) is 4.47 Å². The van der Waals surface area contributed by atoms with E-state index in [0.29, 0.717) is 40.8 Å². The molecule has 0 fully saturated rings. The zero-order valence-electron chi connectivity index (χ0n) is 15.1. The second-order valence-corrected chi connectivity index (χ2v) is 8.57. The molecule has 0 N–H and O–H groups in total. The van der Waals surface area contributed by atoms with Crippen molar-refractivity contribution in [3.8, 4) is 11.4 Å². The van der Waals surface area contributed by atoms with Gasteiger partial charge in [-0.05, 0) is 59.5 Å². The van der Waals surface area contributed by atoms with Crippen LogP contribution < -0.4 is 4.74 Å². The Morgan fingerprint density at radius 1 is 1.17 bits per heavy atom. The maximum atomic E-state index is 13.5. The molecule has 1 aliphatic rings. The molecule has 2 aromatic carbocycles. The van der Waals surface area contributed by atoms with Crippen LogP contribution >= 0.6 is 34.7 Å². The average molecular weight is 449 g/mol. The van der Waals surface area contributed by atoms with Gasteiger partial charge in [-0.15, -0.1) is 0 Å². The van der Waals surface area contributed by atoms with Crippen LogP contribution in [0.15, 0.2) is 42.6 Å². The predicted molar refractivity (Wildman–Crippen MR) is 113 cm³/mol. The zero-order chi connectivity index (χ0) is 20.0. The largest absolute Gasteiger partial charge is 0.490 e. The van der Waals surface area contributed by atoms with Crippen molar-refractivity contribution < 1.29 is 9.13 Å². The molecule has 9 heteroatoms. The third-order valence-corrected chi connectivity index (χ3v) is 6.01. The van der Waals surface area contributed by atoms with Gasteiger partial charge in [-0.2, -0.15) is 4.37 Å². The van der Waals surface area contributed by atoms with E-state index in [1.807, 2.05) is 22.9 Å². The second-order valence-electron chi connectivity index (χ2n) is 6.83. The number of rotatable bonds is 3. The number of nitrogens with zero attached hydrogens (tertiary/aromatic N) is 4. The predicted octanol–water partition coefficient (Wildman–Crippen LogP) is 5.32. The molecule has 0 bridgehead atoms. The van der Waals surface area contributed by atoms with E-state index in [2.05, 4.69) is 20.3 Å². The van der Waals surface area contributed by atoms with Crippen LogP contribution in [0.2, 0.25) is 9.49 Å². The quantitative estimate of drug-likeness (QED) is 0.425. The van der Waals surface area contributed by atoms with Gasteiger partial charge in [-0.1, -0.05) is 11.6 Å². The van der Waals surface area contributed by atoms with E-state index in [9.17, 15) is 4.39 Å². The Bertz CT molecular complexity index is 1210. The molecule has 4 aromatic rings. The van der Waals surface area contributed by atoms with E-state index in [4.69, 9.17) is 27.9 Å². The highest BCUT2D eigenvalue weighted by molar-refractivity contribution is 7.10. The van der Waals surface area contributed by atoms with E-state index >= 15 is 0 Å². The number of hydrogen-bond donors (Lipinski definition) is 0. The first-order valence-electron chi connectivity index (χ1n) is 8.99. The Morgan fingerprint density at radius 2 is 2.07 bits per heavy atom. The minimum absolute atomic E-state index is 0.255. The Hall–Kier alpha value is -2.19. The van der Waals surface area contributed by atoms with Crippen LogP contribution in [0.4, 0.5) is 4.39 Å². The third kappa shape index (κ3) is 3.71. The summed E-state index contributed by atoms with van der Waals surface area (Å²) in [7, 11) is 0. The smallest absolute Gasteiger partial charge is 0.203 e. The summed E-state index contributed by atoms with van der Waals surface area (Å²) in [6, 6.07) is 10.6. The summed E-state index contributed by atoms with van der Waals surface area (Å²) in [5, 5.41) is 1.39. The van der Waals surface area contributed by atoms with Gasteiger partial charge in [0, 0.05) is 35.9 Å². The molecule has 0 amide bonds. The summed E-state index contributed by atoms with van der Waals surface area (Å²) in [6.45, 7) is 2.48. The van der Waals surface area contributed by atoms with Crippen LogP contribution in [-0.2, 0) is 13.1 Å². The number of aromatic nitrogens is 3. The van der Waals surface area contributed by atoms with E-state index in [0.717, 1.165) is 28.7 Å². The molecule has 0 saturated carbocycles. The summed E-state index contributed by atoms with van der Waals surface area (Å²) in [5.41, 5.74) is 2.79. The van der Waals surface area contributed by atoms with Gasteiger partial charge in [0.15, 0.2) is 5.82 Å². The molecular weight excluding hydrogens is 434 g/mol. The molecule has 0 unspecified atom stereocenters. The minimum Gasteiger partial charge on any atom is -0.490 e. The number of ether oxygens (including phenoxy) is 1. The number of halogens is 3. The molecule has 5 nitrogen and oxygen atoms in total. The third-order valence-electron chi connectivity index (χ3n) is 4.89. The van der Waals surface area contributed by atoms with E-state index in [1.54, 1.807) is 6.07 Å². The molecule has 0 aliphatic carbocycles. The topological polar surface area (TPSA) is 43.2 Å².